The average Bonchev–Trinajstić information content (AvgIpc) is 2.16. The SMILES string of the molecule is CNCC(C)(C)NCc1ccc(C)cc1C. The Labute approximate surface area is 99.5 Å². The minimum Gasteiger partial charge on any atom is -0.318 e. The number of aryl methyl sites for hydroxylation is 2. The quantitative estimate of drug-likeness (QED) is 0.796. The third kappa shape index (κ3) is 3.95. The fourth-order valence-electron chi connectivity index (χ4n) is 1.88. The summed E-state index contributed by atoms with van der Waals surface area (Å²) < 4.78 is 0. The van der Waals surface area contributed by atoms with E-state index < -0.39 is 0 Å². The largest absolute Gasteiger partial charge is 0.318 e. The van der Waals surface area contributed by atoms with Crippen LogP contribution in [0.4, 0.5) is 0 Å². The zero-order valence-corrected chi connectivity index (χ0v) is 11.1. The lowest BCUT2D eigenvalue weighted by Crippen LogP contribution is -2.46. The molecule has 0 aliphatic heterocycles. The fourth-order valence-corrected chi connectivity index (χ4v) is 1.88. The third-order valence-electron chi connectivity index (χ3n) is 2.87. The molecule has 16 heavy (non-hydrogen) atoms. The van der Waals surface area contributed by atoms with Crippen LogP contribution in [0.25, 0.3) is 0 Å². The Kier molecular flexibility index (Phi) is 4.51. The number of benzene rings is 1. The minimum atomic E-state index is 0.131. The highest BCUT2D eigenvalue weighted by Crippen LogP contribution is 2.11. The Morgan fingerprint density at radius 2 is 1.88 bits per heavy atom. The van der Waals surface area contributed by atoms with Crippen LogP contribution in [0.5, 0.6) is 0 Å². The van der Waals surface area contributed by atoms with E-state index in [2.05, 4.69) is 56.5 Å². The van der Waals surface area contributed by atoms with Gasteiger partial charge in [0.1, 0.15) is 0 Å². The molecule has 0 atom stereocenters. The van der Waals surface area contributed by atoms with E-state index in [-0.39, 0.29) is 5.54 Å². The van der Waals surface area contributed by atoms with Crippen LogP contribution < -0.4 is 10.6 Å². The highest BCUT2D eigenvalue weighted by molar-refractivity contribution is 5.30. The third-order valence-corrected chi connectivity index (χ3v) is 2.87. The standard InChI is InChI=1S/C14H24N2/c1-11-6-7-13(12(2)8-11)9-16-14(3,4)10-15-5/h6-8,15-16H,9-10H2,1-5H3. The van der Waals surface area contributed by atoms with Gasteiger partial charge >= 0.3 is 0 Å². The maximum atomic E-state index is 3.57. The van der Waals surface area contributed by atoms with Crippen molar-refractivity contribution >= 4 is 0 Å². The summed E-state index contributed by atoms with van der Waals surface area (Å²) in [5.74, 6) is 0. The van der Waals surface area contributed by atoms with Crippen molar-refractivity contribution in [2.75, 3.05) is 13.6 Å². The lowest BCUT2D eigenvalue weighted by molar-refractivity contribution is 0.373. The molecule has 1 aromatic carbocycles. The van der Waals surface area contributed by atoms with Crippen LogP contribution in [-0.2, 0) is 6.54 Å². The van der Waals surface area contributed by atoms with E-state index in [9.17, 15) is 0 Å². The molecule has 1 aromatic rings. The van der Waals surface area contributed by atoms with Gasteiger partial charge in [0.2, 0.25) is 0 Å². The summed E-state index contributed by atoms with van der Waals surface area (Å²) in [7, 11) is 1.99. The van der Waals surface area contributed by atoms with Gasteiger partial charge in [-0.2, -0.15) is 0 Å². The molecule has 0 bridgehead atoms. The Bertz CT molecular complexity index is 343. The monoisotopic (exact) mass is 220 g/mol. The molecule has 2 nitrogen and oxygen atoms in total. The fraction of sp³-hybridized carbons (Fsp3) is 0.571. The van der Waals surface area contributed by atoms with Gasteiger partial charge in [0.15, 0.2) is 0 Å². The van der Waals surface area contributed by atoms with Crippen LogP contribution in [-0.4, -0.2) is 19.1 Å². The number of hydrogen-bond donors (Lipinski definition) is 2. The van der Waals surface area contributed by atoms with Gasteiger partial charge in [-0.05, 0) is 45.9 Å². The molecule has 0 saturated heterocycles. The molecule has 0 aromatic heterocycles. The van der Waals surface area contributed by atoms with Crippen LogP contribution in [0.1, 0.15) is 30.5 Å². The first kappa shape index (κ1) is 13.2. The molecule has 0 heterocycles. The van der Waals surface area contributed by atoms with Crippen molar-refractivity contribution in [3.05, 3.63) is 34.9 Å². The lowest BCUT2D eigenvalue weighted by Gasteiger charge is -2.26. The highest BCUT2D eigenvalue weighted by Gasteiger charge is 2.15. The molecule has 0 unspecified atom stereocenters. The second-order valence-electron chi connectivity index (χ2n) is 5.20. The zero-order chi connectivity index (χ0) is 12.2. The summed E-state index contributed by atoms with van der Waals surface area (Å²) >= 11 is 0. The molecule has 90 valence electrons. The molecule has 2 heteroatoms. The van der Waals surface area contributed by atoms with E-state index >= 15 is 0 Å². The maximum Gasteiger partial charge on any atom is 0.0252 e. The van der Waals surface area contributed by atoms with Gasteiger partial charge in [-0.25, -0.2) is 0 Å². The van der Waals surface area contributed by atoms with Crippen LogP contribution in [0.2, 0.25) is 0 Å². The van der Waals surface area contributed by atoms with Crippen molar-refractivity contribution < 1.29 is 0 Å². The van der Waals surface area contributed by atoms with Crippen LogP contribution >= 0.6 is 0 Å². The van der Waals surface area contributed by atoms with Gasteiger partial charge in [-0.3, -0.25) is 0 Å². The second kappa shape index (κ2) is 5.46. The minimum absolute atomic E-state index is 0.131. The maximum absolute atomic E-state index is 3.57. The first-order chi connectivity index (χ1) is 7.44. The Morgan fingerprint density at radius 1 is 1.19 bits per heavy atom. The van der Waals surface area contributed by atoms with Crippen molar-refractivity contribution in [2.45, 2.75) is 39.8 Å². The van der Waals surface area contributed by atoms with Crippen LogP contribution in [0.15, 0.2) is 18.2 Å². The number of nitrogens with one attached hydrogen (secondary N) is 2. The zero-order valence-electron chi connectivity index (χ0n) is 11.1. The van der Waals surface area contributed by atoms with Gasteiger partial charge in [0.25, 0.3) is 0 Å². The smallest absolute Gasteiger partial charge is 0.0252 e. The molecule has 2 N–H and O–H groups in total. The molecule has 0 aliphatic rings. The lowest BCUT2D eigenvalue weighted by atomic mass is 10.0. The molecule has 0 saturated carbocycles. The normalized spacial score (nSPS) is 11.8. The summed E-state index contributed by atoms with van der Waals surface area (Å²) in [6, 6.07) is 6.63. The second-order valence-corrected chi connectivity index (χ2v) is 5.20. The van der Waals surface area contributed by atoms with Gasteiger partial charge in [0, 0.05) is 18.6 Å². The van der Waals surface area contributed by atoms with E-state index in [0.717, 1.165) is 13.1 Å². The molecular formula is C14H24N2. The predicted octanol–water partition coefficient (Wildman–Crippen LogP) is 2.39. The van der Waals surface area contributed by atoms with Crippen molar-refractivity contribution in [3.63, 3.8) is 0 Å². The summed E-state index contributed by atoms with van der Waals surface area (Å²) in [5.41, 5.74) is 4.21. The Hall–Kier alpha value is -0.860. The molecule has 1 rings (SSSR count). The summed E-state index contributed by atoms with van der Waals surface area (Å²) in [4.78, 5) is 0. The number of rotatable bonds is 5. The van der Waals surface area contributed by atoms with Gasteiger partial charge in [-0.1, -0.05) is 23.8 Å². The van der Waals surface area contributed by atoms with E-state index in [0.29, 0.717) is 0 Å². The summed E-state index contributed by atoms with van der Waals surface area (Å²) in [6.07, 6.45) is 0. The van der Waals surface area contributed by atoms with Crippen molar-refractivity contribution in [2.24, 2.45) is 0 Å². The molecular weight excluding hydrogens is 196 g/mol. The molecule has 0 spiro atoms. The topological polar surface area (TPSA) is 24.1 Å². The Balaban J connectivity index is 2.61. The van der Waals surface area contributed by atoms with Crippen LogP contribution in [0, 0.1) is 13.8 Å². The van der Waals surface area contributed by atoms with E-state index in [4.69, 9.17) is 0 Å². The van der Waals surface area contributed by atoms with Gasteiger partial charge in [-0.15, -0.1) is 0 Å². The van der Waals surface area contributed by atoms with Crippen molar-refractivity contribution in [1.29, 1.82) is 0 Å². The molecule has 0 aliphatic carbocycles. The highest BCUT2D eigenvalue weighted by atomic mass is 15.0. The summed E-state index contributed by atoms with van der Waals surface area (Å²) in [6.45, 7) is 10.6. The Morgan fingerprint density at radius 3 is 2.44 bits per heavy atom. The van der Waals surface area contributed by atoms with E-state index in [1.54, 1.807) is 0 Å². The number of likely N-dealkylation sites (N-methyl/N-ethyl adjacent to an activating group) is 1. The van der Waals surface area contributed by atoms with Gasteiger partial charge < -0.3 is 10.6 Å². The van der Waals surface area contributed by atoms with Crippen LogP contribution in [0.3, 0.4) is 0 Å². The van der Waals surface area contributed by atoms with Crippen molar-refractivity contribution in [1.82, 2.24) is 10.6 Å². The number of hydrogen-bond acceptors (Lipinski definition) is 2. The van der Waals surface area contributed by atoms with E-state index in [1.165, 1.54) is 16.7 Å². The molecule has 0 amide bonds. The summed E-state index contributed by atoms with van der Waals surface area (Å²) in [5, 5.41) is 6.78. The molecule has 0 radical (unpaired) electrons. The average molecular weight is 220 g/mol. The first-order valence-corrected chi connectivity index (χ1v) is 5.90. The predicted molar refractivity (Wildman–Crippen MR) is 70.8 cm³/mol. The van der Waals surface area contributed by atoms with E-state index in [1.807, 2.05) is 7.05 Å². The first-order valence-electron chi connectivity index (χ1n) is 5.90. The molecule has 0 fully saturated rings. The van der Waals surface area contributed by atoms with Gasteiger partial charge in [0.05, 0.1) is 0 Å². The van der Waals surface area contributed by atoms with Crippen molar-refractivity contribution in [3.8, 4) is 0 Å².